The van der Waals surface area contributed by atoms with Gasteiger partial charge in [0.1, 0.15) is 11.5 Å². The smallest absolute Gasteiger partial charge is 0.131 e. The fourth-order valence-corrected chi connectivity index (χ4v) is 2.03. The molecule has 0 saturated carbocycles. The summed E-state index contributed by atoms with van der Waals surface area (Å²) in [7, 11) is 0. The molecule has 2 nitrogen and oxygen atoms in total. The Hall–Kier alpha value is -2.40. The molecule has 1 rings (SSSR count). The molecule has 0 bridgehead atoms. The van der Waals surface area contributed by atoms with Crippen molar-refractivity contribution in [3.05, 3.63) is 59.2 Å². The minimum Gasteiger partial charge on any atom is -0.508 e. The van der Waals surface area contributed by atoms with Crippen LogP contribution >= 0.6 is 0 Å². The van der Waals surface area contributed by atoms with Crippen LogP contribution in [0.3, 0.4) is 0 Å². The van der Waals surface area contributed by atoms with Gasteiger partial charge in [0.15, 0.2) is 0 Å². The summed E-state index contributed by atoms with van der Waals surface area (Å²) in [6.45, 7) is 10.3. The van der Waals surface area contributed by atoms with Crippen LogP contribution in [-0.2, 0) is 0 Å². The first-order valence-electron chi connectivity index (χ1n) is 7.89. The summed E-state index contributed by atoms with van der Waals surface area (Å²) in [6, 6.07) is 4.31. The summed E-state index contributed by atoms with van der Waals surface area (Å²) in [5, 5.41) is 19.1. The van der Waals surface area contributed by atoms with Crippen LogP contribution < -0.4 is 0 Å². The molecule has 0 aliphatic heterocycles. The molecule has 122 valence electrons. The molecule has 0 radical (unpaired) electrons. The fraction of sp³-hybridized carbons (Fsp3) is 0.333. The van der Waals surface area contributed by atoms with Crippen LogP contribution in [0, 0.1) is 11.8 Å². The summed E-state index contributed by atoms with van der Waals surface area (Å²) in [6.07, 6.45) is 8.37. The monoisotopic (exact) mass is 310 g/mol. The zero-order chi connectivity index (χ0) is 17.2. The molecule has 1 aromatic carbocycles. The number of phenolic OH excluding ortho intramolecular Hbond substituents is 2. The van der Waals surface area contributed by atoms with E-state index in [4.69, 9.17) is 0 Å². The van der Waals surface area contributed by atoms with Crippen LogP contribution in [0.1, 0.15) is 52.0 Å². The highest BCUT2D eigenvalue weighted by atomic mass is 16.3. The van der Waals surface area contributed by atoms with Crippen molar-refractivity contribution in [2.24, 2.45) is 0 Å². The van der Waals surface area contributed by atoms with Gasteiger partial charge in [0.25, 0.3) is 0 Å². The highest BCUT2D eigenvalue weighted by molar-refractivity contribution is 5.50. The second-order valence-corrected chi connectivity index (χ2v) is 5.96. The van der Waals surface area contributed by atoms with Gasteiger partial charge >= 0.3 is 0 Å². The summed E-state index contributed by atoms with van der Waals surface area (Å²) in [4.78, 5) is 0. The van der Waals surface area contributed by atoms with E-state index in [0.717, 1.165) is 31.3 Å². The van der Waals surface area contributed by atoms with Crippen molar-refractivity contribution in [2.75, 3.05) is 0 Å². The first kappa shape index (κ1) is 18.6. The minimum atomic E-state index is 0.0677. The first-order chi connectivity index (χ1) is 10.9. The third-order valence-electron chi connectivity index (χ3n) is 3.38. The van der Waals surface area contributed by atoms with Crippen LogP contribution in [0.15, 0.2) is 53.6 Å². The Balaban J connectivity index is 2.47. The predicted molar refractivity (Wildman–Crippen MR) is 97.4 cm³/mol. The van der Waals surface area contributed by atoms with Gasteiger partial charge in [-0.05, 0) is 70.2 Å². The molecule has 0 spiro atoms. The van der Waals surface area contributed by atoms with Gasteiger partial charge < -0.3 is 10.2 Å². The number of benzene rings is 1. The molecule has 2 N–H and O–H groups in total. The van der Waals surface area contributed by atoms with Crippen LogP contribution in [0.2, 0.25) is 0 Å². The SMILES string of the molecule is C=C(C#Cc1cc(O)ccc1O)CC/C=C(\C)CCC=C(C)C. The highest BCUT2D eigenvalue weighted by Gasteiger charge is 1.98. The van der Waals surface area contributed by atoms with Crippen LogP contribution in [-0.4, -0.2) is 10.2 Å². The van der Waals surface area contributed by atoms with Gasteiger partial charge in [0.2, 0.25) is 0 Å². The van der Waals surface area contributed by atoms with Crippen molar-refractivity contribution in [3.63, 3.8) is 0 Å². The first-order valence-corrected chi connectivity index (χ1v) is 7.89. The van der Waals surface area contributed by atoms with Crippen molar-refractivity contribution in [2.45, 2.75) is 46.5 Å². The molecule has 0 amide bonds. The number of hydrogen-bond donors (Lipinski definition) is 2. The van der Waals surface area contributed by atoms with Crippen molar-refractivity contribution in [1.29, 1.82) is 0 Å². The van der Waals surface area contributed by atoms with Gasteiger partial charge in [0, 0.05) is 0 Å². The number of rotatable bonds is 6. The number of hydrogen-bond acceptors (Lipinski definition) is 2. The zero-order valence-corrected chi connectivity index (χ0v) is 14.3. The predicted octanol–water partition coefficient (Wildman–Crippen LogP) is 5.48. The molecule has 0 saturated heterocycles. The zero-order valence-electron chi connectivity index (χ0n) is 14.3. The van der Waals surface area contributed by atoms with Crippen molar-refractivity contribution in [3.8, 4) is 23.3 Å². The Morgan fingerprint density at radius 2 is 1.78 bits per heavy atom. The molecular weight excluding hydrogens is 284 g/mol. The minimum absolute atomic E-state index is 0.0677. The molecule has 0 fully saturated rings. The lowest BCUT2D eigenvalue weighted by Gasteiger charge is -2.00. The van der Waals surface area contributed by atoms with Gasteiger partial charge in [-0.25, -0.2) is 0 Å². The second-order valence-electron chi connectivity index (χ2n) is 5.96. The molecule has 0 aliphatic rings. The van der Waals surface area contributed by atoms with E-state index in [9.17, 15) is 10.2 Å². The third-order valence-corrected chi connectivity index (χ3v) is 3.38. The summed E-state index contributed by atoms with van der Waals surface area (Å²) < 4.78 is 0. The summed E-state index contributed by atoms with van der Waals surface area (Å²) >= 11 is 0. The van der Waals surface area contributed by atoms with Gasteiger partial charge in [-0.2, -0.15) is 0 Å². The van der Waals surface area contributed by atoms with Gasteiger partial charge in [-0.1, -0.05) is 41.7 Å². The second kappa shape index (κ2) is 9.58. The van der Waals surface area contributed by atoms with E-state index in [1.54, 1.807) is 0 Å². The van der Waals surface area contributed by atoms with Gasteiger partial charge in [-0.15, -0.1) is 0 Å². The van der Waals surface area contributed by atoms with E-state index in [1.165, 1.54) is 29.3 Å². The number of aromatic hydroxyl groups is 2. The van der Waals surface area contributed by atoms with Crippen LogP contribution in [0.4, 0.5) is 0 Å². The van der Waals surface area contributed by atoms with Crippen molar-refractivity contribution in [1.82, 2.24) is 0 Å². The summed E-state index contributed by atoms with van der Waals surface area (Å²) in [5.41, 5.74) is 3.98. The lowest BCUT2D eigenvalue weighted by molar-refractivity contribution is 0.459. The Labute approximate surface area is 139 Å². The van der Waals surface area contributed by atoms with E-state index >= 15 is 0 Å². The third kappa shape index (κ3) is 7.97. The maximum absolute atomic E-state index is 9.66. The van der Waals surface area contributed by atoms with E-state index in [1.807, 2.05) is 0 Å². The maximum atomic E-state index is 9.66. The van der Waals surface area contributed by atoms with E-state index < -0.39 is 0 Å². The molecule has 1 aromatic rings. The van der Waals surface area contributed by atoms with E-state index in [-0.39, 0.29) is 11.5 Å². The lowest BCUT2D eigenvalue weighted by Crippen LogP contribution is -1.81. The van der Waals surface area contributed by atoms with E-state index in [0.29, 0.717) is 5.56 Å². The molecule has 0 unspecified atom stereocenters. The standard InChI is InChI=1S/C21H26O2/c1-16(2)7-5-8-17(3)9-6-10-18(4)11-12-19-15-20(22)13-14-21(19)23/h7,9,13-15,22-23H,4-6,8,10H2,1-3H3/b17-9+. The van der Waals surface area contributed by atoms with Gasteiger partial charge in [0.05, 0.1) is 5.56 Å². The van der Waals surface area contributed by atoms with Crippen LogP contribution in [0.25, 0.3) is 0 Å². The molecule has 0 aromatic heterocycles. The Morgan fingerprint density at radius 1 is 1.09 bits per heavy atom. The van der Waals surface area contributed by atoms with Crippen molar-refractivity contribution < 1.29 is 10.2 Å². The maximum Gasteiger partial charge on any atom is 0.131 e. The normalized spacial score (nSPS) is 10.7. The molecular formula is C21H26O2. The quantitative estimate of drug-likeness (QED) is 0.415. The van der Waals surface area contributed by atoms with Crippen LogP contribution in [0.5, 0.6) is 11.5 Å². The topological polar surface area (TPSA) is 40.5 Å². The lowest BCUT2D eigenvalue weighted by atomic mass is 10.1. The Morgan fingerprint density at radius 3 is 2.48 bits per heavy atom. The highest BCUT2D eigenvalue weighted by Crippen LogP contribution is 2.21. The largest absolute Gasteiger partial charge is 0.508 e. The van der Waals surface area contributed by atoms with Crippen molar-refractivity contribution >= 4 is 0 Å². The average molecular weight is 310 g/mol. The molecule has 0 heterocycles. The van der Waals surface area contributed by atoms with E-state index in [2.05, 4.69) is 51.3 Å². The van der Waals surface area contributed by atoms with Gasteiger partial charge in [-0.3, -0.25) is 0 Å². The molecule has 2 heteroatoms. The molecule has 0 aliphatic carbocycles. The Bertz CT molecular complexity index is 663. The number of phenols is 2. The molecule has 0 atom stereocenters. The Kier molecular flexibility index (Phi) is 7.77. The fourth-order valence-electron chi connectivity index (χ4n) is 2.03. The number of allylic oxidation sites excluding steroid dienone is 5. The average Bonchev–Trinajstić information content (AvgIpc) is 2.48. The molecule has 23 heavy (non-hydrogen) atoms. The summed E-state index contributed by atoms with van der Waals surface area (Å²) in [5.74, 6) is 5.95.